The summed E-state index contributed by atoms with van der Waals surface area (Å²) >= 11 is 0. The van der Waals surface area contributed by atoms with E-state index in [0.717, 1.165) is 5.54 Å². The van der Waals surface area contributed by atoms with E-state index in [1.54, 1.807) is 12.1 Å². The smallest absolute Gasteiger partial charge is 0.115 e. The predicted molar refractivity (Wildman–Crippen MR) is 57.9 cm³/mol. The van der Waals surface area contributed by atoms with Crippen molar-refractivity contribution in [3.8, 4) is 5.75 Å². The lowest BCUT2D eigenvalue weighted by atomic mass is 10.2. The molecule has 0 radical (unpaired) electrons. The second-order valence-corrected chi connectivity index (χ2v) is 5.88. The topological polar surface area (TPSA) is 20.2 Å². The minimum Gasteiger partial charge on any atom is -0.508 e. The molecule has 0 aliphatic heterocycles. The number of hydrogen-bond acceptors (Lipinski definition) is 1. The second-order valence-electron chi connectivity index (χ2n) is 3.57. The number of phenolic OH excluding ortho intramolecular Hbond substituents is 1. The maximum Gasteiger partial charge on any atom is 0.115 e. The van der Waals surface area contributed by atoms with E-state index < -0.39 is 0 Å². The summed E-state index contributed by atoms with van der Waals surface area (Å²) in [6.07, 6.45) is 0. The third-order valence-electron chi connectivity index (χ3n) is 1.03. The van der Waals surface area contributed by atoms with Crippen LogP contribution >= 0.6 is 0 Å². The number of phenols is 1. The van der Waals surface area contributed by atoms with Crippen LogP contribution in [0.2, 0.25) is 5.54 Å². The van der Waals surface area contributed by atoms with Crippen molar-refractivity contribution in [2.24, 2.45) is 0 Å². The Hall–Kier alpha value is -0.763. The lowest BCUT2D eigenvalue weighted by molar-refractivity contribution is 0.475. The number of rotatable bonds is 0. The molecular formula is C10H18OSi. The van der Waals surface area contributed by atoms with Crippen molar-refractivity contribution in [3.63, 3.8) is 0 Å². The molecule has 1 nitrogen and oxygen atoms in total. The molecule has 0 unspecified atom stereocenters. The highest BCUT2D eigenvalue weighted by molar-refractivity contribution is 6.10. The summed E-state index contributed by atoms with van der Waals surface area (Å²) in [6.45, 7) is 6.44. The average molecular weight is 182 g/mol. The maximum atomic E-state index is 8.76. The zero-order chi connectivity index (χ0) is 9.56. The minimum atomic E-state index is 0.329. The lowest BCUT2D eigenvalue weighted by Crippen LogP contribution is -1.67. The van der Waals surface area contributed by atoms with Crippen LogP contribution in [0.1, 0.15) is 19.4 Å². The van der Waals surface area contributed by atoms with Crippen molar-refractivity contribution in [1.29, 1.82) is 0 Å². The molecule has 0 spiro atoms. The van der Waals surface area contributed by atoms with Gasteiger partial charge in [0.25, 0.3) is 0 Å². The largest absolute Gasteiger partial charge is 0.508 e. The standard InChI is InChI=1S/C7H8O.C3H10Si/c1-6-2-4-7(8)5-3-6;1-3(2)4/h2-5,8H,1H3;3H,1-2,4H3. The quantitative estimate of drug-likeness (QED) is 0.607. The van der Waals surface area contributed by atoms with Gasteiger partial charge in [-0.25, -0.2) is 0 Å². The molecule has 2 heteroatoms. The number of benzene rings is 1. The normalized spacial score (nSPS) is 9.33. The van der Waals surface area contributed by atoms with Crippen molar-refractivity contribution < 1.29 is 5.11 Å². The molecule has 0 aromatic heterocycles. The molecule has 0 bridgehead atoms. The van der Waals surface area contributed by atoms with Crippen molar-refractivity contribution in [2.45, 2.75) is 26.3 Å². The van der Waals surface area contributed by atoms with Gasteiger partial charge in [0.1, 0.15) is 5.75 Å². The van der Waals surface area contributed by atoms with Crippen LogP contribution in [0.3, 0.4) is 0 Å². The molecule has 0 heterocycles. The molecule has 68 valence electrons. The summed E-state index contributed by atoms with van der Waals surface area (Å²) in [4.78, 5) is 0. The van der Waals surface area contributed by atoms with Crippen molar-refractivity contribution in [1.82, 2.24) is 0 Å². The first-order valence-electron chi connectivity index (χ1n) is 4.28. The van der Waals surface area contributed by atoms with E-state index in [1.165, 1.54) is 15.8 Å². The van der Waals surface area contributed by atoms with E-state index in [1.807, 2.05) is 19.1 Å². The van der Waals surface area contributed by atoms with E-state index in [4.69, 9.17) is 5.11 Å². The molecule has 0 fully saturated rings. The Morgan fingerprint density at radius 2 is 1.50 bits per heavy atom. The molecule has 1 aromatic rings. The summed E-state index contributed by atoms with van der Waals surface area (Å²) in [5.41, 5.74) is 2.14. The number of aromatic hydroxyl groups is 1. The Kier molecular flexibility index (Phi) is 5.46. The Labute approximate surface area is 77.9 Å². The predicted octanol–water partition coefficient (Wildman–Crippen LogP) is 1.88. The molecule has 0 atom stereocenters. The van der Waals surface area contributed by atoms with Crippen molar-refractivity contribution >= 4 is 10.2 Å². The SMILES string of the molecule is CC(C)[SiH3].Cc1ccc(O)cc1. The monoisotopic (exact) mass is 182 g/mol. The fraction of sp³-hybridized carbons (Fsp3) is 0.400. The van der Waals surface area contributed by atoms with Crippen LogP contribution in [0, 0.1) is 6.92 Å². The van der Waals surface area contributed by atoms with Crippen LogP contribution in [0.4, 0.5) is 0 Å². The zero-order valence-corrected chi connectivity index (χ0v) is 10.3. The van der Waals surface area contributed by atoms with Crippen LogP contribution in [-0.2, 0) is 0 Å². The van der Waals surface area contributed by atoms with Crippen LogP contribution in [0.15, 0.2) is 24.3 Å². The van der Waals surface area contributed by atoms with Crippen LogP contribution in [-0.4, -0.2) is 15.3 Å². The van der Waals surface area contributed by atoms with Crippen LogP contribution < -0.4 is 0 Å². The van der Waals surface area contributed by atoms with Gasteiger partial charge >= 0.3 is 0 Å². The van der Waals surface area contributed by atoms with Gasteiger partial charge in [0, 0.05) is 10.2 Å². The zero-order valence-electron chi connectivity index (χ0n) is 8.33. The van der Waals surface area contributed by atoms with Gasteiger partial charge in [0.15, 0.2) is 0 Å². The van der Waals surface area contributed by atoms with Crippen molar-refractivity contribution in [2.75, 3.05) is 0 Å². The molecule has 12 heavy (non-hydrogen) atoms. The molecular weight excluding hydrogens is 164 g/mol. The molecule has 0 aliphatic rings. The third-order valence-corrected chi connectivity index (χ3v) is 1.03. The van der Waals surface area contributed by atoms with Gasteiger partial charge in [-0.15, -0.1) is 0 Å². The second kappa shape index (κ2) is 5.83. The Bertz CT molecular complexity index is 180. The van der Waals surface area contributed by atoms with Gasteiger partial charge in [-0.3, -0.25) is 0 Å². The van der Waals surface area contributed by atoms with Gasteiger partial charge in [0.05, 0.1) is 0 Å². The van der Waals surface area contributed by atoms with Crippen LogP contribution in [0.5, 0.6) is 5.75 Å². The Morgan fingerprint density at radius 3 is 1.75 bits per heavy atom. The Morgan fingerprint density at radius 1 is 1.17 bits per heavy atom. The van der Waals surface area contributed by atoms with Gasteiger partial charge in [-0.2, -0.15) is 0 Å². The molecule has 0 saturated heterocycles. The molecule has 0 saturated carbocycles. The van der Waals surface area contributed by atoms with Gasteiger partial charge in [-0.05, 0) is 19.1 Å². The summed E-state index contributed by atoms with van der Waals surface area (Å²) in [7, 11) is 1.35. The number of hydrogen-bond donors (Lipinski definition) is 1. The minimum absolute atomic E-state index is 0.329. The van der Waals surface area contributed by atoms with E-state index in [2.05, 4.69) is 13.8 Å². The van der Waals surface area contributed by atoms with Crippen molar-refractivity contribution in [3.05, 3.63) is 29.8 Å². The molecule has 1 N–H and O–H groups in total. The lowest BCUT2D eigenvalue weighted by Gasteiger charge is -1.89. The highest BCUT2D eigenvalue weighted by Crippen LogP contribution is 2.07. The fourth-order valence-corrected chi connectivity index (χ4v) is 0.545. The first kappa shape index (κ1) is 11.2. The maximum absolute atomic E-state index is 8.76. The van der Waals surface area contributed by atoms with E-state index in [-0.39, 0.29) is 0 Å². The number of aryl methyl sites for hydroxylation is 1. The van der Waals surface area contributed by atoms with E-state index in [0.29, 0.717) is 5.75 Å². The molecule has 0 aliphatic carbocycles. The van der Waals surface area contributed by atoms with E-state index >= 15 is 0 Å². The van der Waals surface area contributed by atoms with Crippen LogP contribution in [0.25, 0.3) is 0 Å². The Balaban J connectivity index is 0.000000261. The fourth-order valence-electron chi connectivity index (χ4n) is 0.545. The molecule has 1 rings (SSSR count). The third kappa shape index (κ3) is 7.35. The first-order valence-corrected chi connectivity index (χ1v) is 5.43. The average Bonchev–Trinajstić information content (AvgIpc) is 1.94. The first-order chi connectivity index (χ1) is 5.52. The van der Waals surface area contributed by atoms with E-state index in [9.17, 15) is 0 Å². The summed E-state index contributed by atoms with van der Waals surface area (Å²) in [5, 5.41) is 8.76. The van der Waals surface area contributed by atoms with Gasteiger partial charge in [0.2, 0.25) is 0 Å². The molecule has 1 aromatic carbocycles. The van der Waals surface area contributed by atoms with Gasteiger partial charge < -0.3 is 5.11 Å². The summed E-state index contributed by atoms with van der Waals surface area (Å²) < 4.78 is 0. The highest BCUT2D eigenvalue weighted by Gasteiger charge is 1.82. The molecule has 0 amide bonds. The summed E-state index contributed by atoms with van der Waals surface area (Å²) in [5.74, 6) is 0.329. The summed E-state index contributed by atoms with van der Waals surface area (Å²) in [6, 6.07) is 7.09. The van der Waals surface area contributed by atoms with Gasteiger partial charge in [-0.1, -0.05) is 37.1 Å². The highest BCUT2D eigenvalue weighted by atomic mass is 28.1.